The van der Waals surface area contributed by atoms with Gasteiger partial charge in [0.25, 0.3) is 0 Å². The lowest BCUT2D eigenvalue weighted by Gasteiger charge is -2.28. The Hall–Kier alpha value is -1.73. The number of rotatable bonds is 3. The van der Waals surface area contributed by atoms with E-state index >= 15 is 0 Å². The Morgan fingerprint density at radius 3 is 2.76 bits per heavy atom. The Kier molecular flexibility index (Phi) is 3.77. The van der Waals surface area contributed by atoms with E-state index in [9.17, 15) is 8.42 Å². The summed E-state index contributed by atoms with van der Waals surface area (Å²) < 4.78 is 30.1. The van der Waals surface area contributed by atoms with E-state index in [0.29, 0.717) is 24.8 Å². The lowest BCUT2D eigenvalue weighted by molar-refractivity contribution is 0.266. The molecule has 1 aromatic heterocycles. The molecule has 1 saturated heterocycles. The first-order chi connectivity index (χ1) is 10.0. The Balaban J connectivity index is 1.80. The van der Waals surface area contributed by atoms with Crippen molar-refractivity contribution in [2.75, 3.05) is 19.3 Å². The highest BCUT2D eigenvalue weighted by atomic mass is 32.2. The second kappa shape index (κ2) is 5.57. The second-order valence-electron chi connectivity index (χ2n) is 5.28. The summed E-state index contributed by atoms with van der Waals surface area (Å²) in [6, 6.07) is 9.58. The first-order valence-electron chi connectivity index (χ1n) is 6.88. The van der Waals surface area contributed by atoms with Crippen LogP contribution in [0.15, 0.2) is 34.9 Å². The first-order valence-corrected chi connectivity index (χ1v) is 8.73. The molecule has 1 fully saturated rings. The smallest absolute Gasteiger partial charge is 0.231 e. The minimum absolute atomic E-state index is 0.0292. The van der Waals surface area contributed by atoms with E-state index < -0.39 is 10.0 Å². The fourth-order valence-electron chi connectivity index (χ4n) is 2.55. The summed E-state index contributed by atoms with van der Waals surface area (Å²) in [5.41, 5.74) is 0.892. The number of hydrogen-bond donors (Lipinski definition) is 0. The zero-order valence-corrected chi connectivity index (χ0v) is 12.6. The molecule has 0 radical (unpaired) electrons. The maximum Gasteiger partial charge on any atom is 0.231 e. The van der Waals surface area contributed by atoms with Crippen LogP contribution in [0.25, 0.3) is 11.4 Å². The zero-order valence-electron chi connectivity index (χ0n) is 11.8. The highest BCUT2D eigenvalue weighted by Gasteiger charge is 2.30. The average molecular weight is 307 g/mol. The Morgan fingerprint density at radius 1 is 1.29 bits per heavy atom. The molecule has 112 valence electrons. The van der Waals surface area contributed by atoms with Crippen molar-refractivity contribution in [2.24, 2.45) is 0 Å². The lowest BCUT2D eigenvalue weighted by atomic mass is 10.00. The van der Waals surface area contributed by atoms with Gasteiger partial charge in [-0.15, -0.1) is 0 Å². The summed E-state index contributed by atoms with van der Waals surface area (Å²) >= 11 is 0. The van der Waals surface area contributed by atoms with Gasteiger partial charge in [-0.25, -0.2) is 12.7 Å². The summed E-state index contributed by atoms with van der Waals surface area (Å²) in [7, 11) is -3.17. The predicted octanol–water partition coefficient (Wildman–Crippen LogP) is 1.88. The van der Waals surface area contributed by atoms with Crippen LogP contribution in [0.4, 0.5) is 0 Å². The summed E-state index contributed by atoms with van der Waals surface area (Å²) in [4.78, 5) is 4.42. The van der Waals surface area contributed by atoms with Gasteiger partial charge in [-0.1, -0.05) is 35.5 Å². The van der Waals surface area contributed by atoms with Gasteiger partial charge < -0.3 is 4.52 Å². The molecule has 3 rings (SSSR count). The normalized spacial score (nSPS) is 20.5. The van der Waals surface area contributed by atoms with Gasteiger partial charge >= 0.3 is 0 Å². The molecular formula is C14H17N3O3S. The molecule has 0 spiro atoms. The van der Waals surface area contributed by atoms with E-state index in [2.05, 4.69) is 10.1 Å². The monoisotopic (exact) mass is 307 g/mol. The van der Waals surface area contributed by atoms with Crippen LogP contribution >= 0.6 is 0 Å². The van der Waals surface area contributed by atoms with Crippen LogP contribution in [-0.4, -0.2) is 42.2 Å². The number of benzene rings is 1. The molecule has 0 unspecified atom stereocenters. The van der Waals surface area contributed by atoms with Crippen molar-refractivity contribution in [1.82, 2.24) is 14.4 Å². The van der Waals surface area contributed by atoms with E-state index in [4.69, 9.17) is 4.52 Å². The van der Waals surface area contributed by atoms with E-state index in [0.717, 1.165) is 18.4 Å². The summed E-state index contributed by atoms with van der Waals surface area (Å²) in [5, 5.41) is 3.99. The van der Waals surface area contributed by atoms with Crippen molar-refractivity contribution in [2.45, 2.75) is 18.8 Å². The molecule has 0 N–H and O–H groups in total. The lowest BCUT2D eigenvalue weighted by Crippen LogP contribution is -2.38. The van der Waals surface area contributed by atoms with Crippen LogP contribution in [0, 0.1) is 0 Å². The molecular weight excluding hydrogens is 290 g/mol. The molecule has 0 saturated carbocycles. The molecule has 1 atom stereocenters. The van der Waals surface area contributed by atoms with Crippen molar-refractivity contribution in [3.05, 3.63) is 36.2 Å². The van der Waals surface area contributed by atoms with E-state index in [1.54, 1.807) is 0 Å². The van der Waals surface area contributed by atoms with Crippen LogP contribution < -0.4 is 0 Å². The van der Waals surface area contributed by atoms with E-state index in [-0.39, 0.29) is 5.92 Å². The molecule has 7 heteroatoms. The van der Waals surface area contributed by atoms with Gasteiger partial charge in [0.1, 0.15) is 0 Å². The number of nitrogens with zero attached hydrogens (tertiary/aromatic N) is 3. The standard InChI is InChI=1S/C14H17N3O3S/c1-21(18,19)17-9-5-8-12(10-17)14-15-13(16-20-14)11-6-3-2-4-7-11/h2-4,6-7,12H,5,8-10H2,1H3/t12-/m0/s1. The third kappa shape index (κ3) is 3.14. The molecule has 1 aliphatic rings. The van der Waals surface area contributed by atoms with Crippen molar-refractivity contribution >= 4 is 10.0 Å². The highest BCUT2D eigenvalue weighted by Crippen LogP contribution is 2.28. The molecule has 21 heavy (non-hydrogen) atoms. The van der Waals surface area contributed by atoms with Gasteiger partial charge in [0, 0.05) is 18.7 Å². The maximum atomic E-state index is 11.6. The van der Waals surface area contributed by atoms with Crippen molar-refractivity contribution in [3.8, 4) is 11.4 Å². The van der Waals surface area contributed by atoms with Crippen LogP contribution in [0.1, 0.15) is 24.7 Å². The van der Waals surface area contributed by atoms with Crippen molar-refractivity contribution in [1.29, 1.82) is 0 Å². The third-order valence-corrected chi connectivity index (χ3v) is 4.95. The van der Waals surface area contributed by atoms with Gasteiger partial charge in [-0.3, -0.25) is 0 Å². The Morgan fingerprint density at radius 2 is 2.05 bits per heavy atom. The number of piperidine rings is 1. The number of sulfonamides is 1. The number of aromatic nitrogens is 2. The number of hydrogen-bond acceptors (Lipinski definition) is 5. The quantitative estimate of drug-likeness (QED) is 0.865. The molecule has 2 heterocycles. The summed E-state index contributed by atoms with van der Waals surface area (Å²) in [6.07, 6.45) is 2.90. The molecule has 2 aromatic rings. The SMILES string of the molecule is CS(=O)(=O)N1CCC[C@H](c2nc(-c3ccccc3)no2)C1. The molecule has 0 amide bonds. The van der Waals surface area contributed by atoms with Gasteiger partial charge in [-0.2, -0.15) is 4.98 Å². The van der Waals surface area contributed by atoms with Crippen molar-refractivity contribution in [3.63, 3.8) is 0 Å². The molecule has 1 aromatic carbocycles. The van der Waals surface area contributed by atoms with Gasteiger partial charge in [0.2, 0.25) is 21.7 Å². The Bertz CT molecular complexity index is 712. The molecule has 1 aliphatic heterocycles. The van der Waals surface area contributed by atoms with Crippen LogP contribution in [-0.2, 0) is 10.0 Å². The highest BCUT2D eigenvalue weighted by molar-refractivity contribution is 7.88. The first kappa shape index (κ1) is 14.2. The minimum Gasteiger partial charge on any atom is -0.339 e. The topological polar surface area (TPSA) is 76.3 Å². The van der Waals surface area contributed by atoms with Gasteiger partial charge in [-0.05, 0) is 12.8 Å². The Labute approximate surface area is 123 Å². The minimum atomic E-state index is -3.17. The molecule has 6 nitrogen and oxygen atoms in total. The second-order valence-corrected chi connectivity index (χ2v) is 7.26. The van der Waals surface area contributed by atoms with E-state index in [1.165, 1.54) is 10.6 Å². The van der Waals surface area contributed by atoms with Crippen LogP contribution in [0.2, 0.25) is 0 Å². The van der Waals surface area contributed by atoms with Gasteiger partial charge in [0.15, 0.2) is 0 Å². The zero-order chi connectivity index (χ0) is 14.9. The largest absolute Gasteiger partial charge is 0.339 e. The van der Waals surface area contributed by atoms with E-state index in [1.807, 2.05) is 30.3 Å². The van der Waals surface area contributed by atoms with Crippen LogP contribution in [0.3, 0.4) is 0 Å². The predicted molar refractivity (Wildman–Crippen MR) is 78.1 cm³/mol. The average Bonchev–Trinajstić information content (AvgIpc) is 2.97. The fourth-order valence-corrected chi connectivity index (χ4v) is 3.46. The molecule has 0 bridgehead atoms. The van der Waals surface area contributed by atoms with Crippen LogP contribution in [0.5, 0.6) is 0 Å². The third-order valence-electron chi connectivity index (χ3n) is 3.68. The summed E-state index contributed by atoms with van der Waals surface area (Å²) in [5.74, 6) is 1.03. The summed E-state index contributed by atoms with van der Waals surface area (Å²) in [6.45, 7) is 0.976. The molecule has 0 aliphatic carbocycles. The maximum absolute atomic E-state index is 11.6. The fraction of sp³-hybridized carbons (Fsp3) is 0.429. The van der Waals surface area contributed by atoms with Crippen molar-refractivity contribution < 1.29 is 12.9 Å². The van der Waals surface area contributed by atoms with Gasteiger partial charge in [0.05, 0.1) is 12.2 Å².